The highest BCUT2D eigenvalue weighted by Gasteiger charge is 2.35. The molecule has 0 aliphatic heterocycles. The van der Waals surface area contributed by atoms with Gasteiger partial charge in [0.2, 0.25) is 11.8 Å². The average molecular weight is 741 g/mol. The van der Waals surface area contributed by atoms with Gasteiger partial charge in [0.15, 0.2) is 0 Å². The van der Waals surface area contributed by atoms with Gasteiger partial charge in [0.25, 0.3) is 10.0 Å². The summed E-state index contributed by atoms with van der Waals surface area (Å²) in [4.78, 5) is 30.1. The molecule has 0 aliphatic rings. The van der Waals surface area contributed by atoms with Gasteiger partial charge in [-0.05, 0) is 79.9 Å². The maximum absolute atomic E-state index is 14.7. The van der Waals surface area contributed by atoms with Gasteiger partial charge in [-0.25, -0.2) is 8.42 Å². The number of nitrogens with zero attached hydrogens (tertiary/aromatic N) is 2. The normalized spacial score (nSPS) is 12.5. The number of benzene rings is 4. The SMILES string of the molecule is CCOc1ccccc1N(CC(=O)N(Cc1ccc(Br)cc1)[C@@H](Cc1ccccc1)C(=O)N[C@@H](C)CC)S(=O)(=O)c1ccc(Cl)cc1. The Balaban J connectivity index is 1.84. The summed E-state index contributed by atoms with van der Waals surface area (Å²) >= 11 is 9.55. The Morgan fingerprint density at radius 3 is 2.15 bits per heavy atom. The second-order valence-electron chi connectivity index (χ2n) is 11.0. The molecule has 0 aliphatic carbocycles. The van der Waals surface area contributed by atoms with E-state index in [1.165, 1.54) is 29.2 Å². The van der Waals surface area contributed by atoms with Crippen molar-refractivity contribution in [2.24, 2.45) is 0 Å². The lowest BCUT2D eigenvalue weighted by atomic mass is 10.0. The van der Waals surface area contributed by atoms with Crippen molar-refractivity contribution in [3.8, 4) is 5.75 Å². The number of nitrogens with one attached hydrogen (secondary N) is 1. The molecule has 11 heteroatoms. The molecule has 0 radical (unpaired) electrons. The van der Waals surface area contributed by atoms with Gasteiger partial charge in [-0.2, -0.15) is 0 Å². The zero-order chi connectivity index (χ0) is 34.0. The van der Waals surface area contributed by atoms with Crippen LogP contribution in [0.4, 0.5) is 5.69 Å². The number of ether oxygens (including phenoxy) is 1. The molecule has 2 atom stereocenters. The molecule has 0 saturated carbocycles. The van der Waals surface area contributed by atoms with Crippen LogP contribution >= 0.6 is 27.5 Å². The van der Waals surface area contributed by atoms with E-state index < -0.39 is 28.5 Å². The van der Waals surface area contributed by atoms with Crippen molar-refractivity contribution in [2.45, 2.75) is 57.1 Å². The van der Waals surface area contributed by atoms with E-state index in [-0.39, 0.29) is 42.1 Å². The standard InChI is InChI=1S/C36H39BrClN3O5S/c1-4-26(3)39-36(43)33(23-27-11-7-6-8-12-27)40(24-28-15-17-29(37)18-16-28)35(42)25-41(32-13-9-10-14-34(32)46-5-2)47(44,45)31-21-19-30(38)20-22-31/h6-22,26,33H,4-5,23-25H2,1-3H3,(H,39,43)/t26-,33-/m0/s1. The van der Waals surface area contributed by atoms with Crippen molar-refractivity contribution in [3.63, 3.8) is 0 Å². The fraction of sp³-hybridized carbons (Fsp3) is 0.278. The molecule has 0 fully saturated rings. The highest BCUT2D eigenvalue weighted by atomic mass is 79.9. The van der Waals surface area contributed by atoms with Gasteiger partial charge in [0, 0.05) is 28.5 Å². The molecule has 248 valence electrons. The van der Waals surface area contributed by atoms with E-state index in [0.29, 0.717) is 17.2 Å². The van der Waals surface area contributed by atoms with E-state index in [1.807, 2.05) is 68.4 Å². The fourth-order valence-corrected chi connectivity index (χ4v) is 6.78. The number of carbonyl (C=O) groups excluding carboxylic acids is 2. The average Bonchev–Trinajstić information content (AvgIpc) is 3.07. The lowest BCUT2D eigenvalue weighted by Gasteiger charge is -2.34. The van der Waals surface area contributed by atoms with Crippen LogP contribution in [-0.4, -0.2) is 50.4 Å². The Bertz CT molecular complexity index is 1740. The molecule has 2 amide bonds. The smallest absolute Gasteiger partial charge is 0.264 e. The first-order valence-electron chi connectivity index (χ1n) is 15.4. The van der Waals surface area contributed by atoms with E-state index in [1.54, 1.807) is 31.2 Å². The Morgan fingerprint density at radius 1 is 0.872 bits per heavy atom. The first kappa shape index (κ1) is 36.0. The zero-order valence-electron chi connectivity index (χ0n) is 26.6. The first-order chi connectivity index (χ1) is 22.5. The number of hydrogen-bond donors (Lipinski definition) is 1. The van der Waals surface area contributed by atoms with Gasteiger partial charge < -0.3 is 15.0 Å². The van der Waals surface area contributed by atoms with E-state index in [2.05, 4.69) is 21.2 Å². The van der Waals surface area contributed by atoms with Crippen LogP contribution in [0.25, 0.3) is 0 Å². The molecule has 0 heterocycles. The van der Waals surface area contributed by atoms with Gasteiger partial charge in [0.05, 0.1) is 17.2 Å². The van der Waals surface area contributed by atoms with Gasteiger partial charge in [0.1, 0.15) is 18.3 Å². The molecular weight excluding hydrogens is 702 g/mol. The maximum atomic E-state index is 14.7. The Labute approximate surface area is 290 Å². The monoisotopic (exact) mass is 739 g/mol. The highest BCUT2D eigenvalue weighted by molar-refractivity contribution is 9.10. The van der Waals surface area contributed by atoms with Crippen molar-refractivity contribution >= 4 is 55.1 Å². The maximum Gasteiger partial charge on any atom is 0.264 e. The third-order valence-corrected chi connectivity index (χ3v) is 10.2. The third kappa shape index (κ3) is 9.59. The summed E-state index contributed by atoms with van der Waals surface area (Å²) in [6.45, 7) is 5.43. The molecule has 4 rings (SSSR count). The second-order valence-corrected chi connectivity index (χ2v) is 14.3. The third-order valence-electron chi connectivity index (χ3n) is 7.65. The second kappa shape index (κ2) is 16.8. The molecule has 0 saturated heterocycles. The summed E-state index contributed by atoms with van der Waals surface area (Å²) in [6.07, 6.45) is 0.927. The molecule has 0 unspecified atom stereocenters. The molecular formula is C36H39BrClN3O5S. The van der Waals surface area contributed by atoms with Crippen LogP contribution in [0, 0.1) is 0 Å². The lowest BCUT2D eigenvalue weighted by molar-refractivity contribution is -0.140. The van der Waals surface area contributed by atoms with Crippen LogP contribution in [-0.2, 0) is 32.6 Å². The topological polar surface area (TPSA) is 96.0 Å². The predicted molar refractivity (Wildman–Crippen MR) is 190 cm³/mol. The molecule has 0 aromatic heterocycles. The molecule has 47 heavy (non-hydrogen) atoms. The van der Waals surface area contributed by atoms with Crippen molar-refractivity contribution in [1.82, 2.24) is 10.2 Å². The number of rotatable bonds is 15. The summed E-state index contributed by atoms with van der Waals surface area (Å²) in [5, 5.41) is 3.42. The molecule has 0 bridgehead atoms. The highest BCUT2D eigenvalue weighted by Crippen LogP contribution is 2.33. The quantitative estimate of drug-likeness (QED) is 0.139. The minimum atomic E-state index is -4.31. The number of anilines is 1. The van der Waals surface area contributed by atoms with Crippen molar-refractivity contribution < 1.29 is 22.7 Å². The number of carbonyl (C=O) groups is 2. The van der Waals surface area contributed by atoms with Gasteiger partial charge in [-0.3, -0.25) is 13.9 Å². The molecule has 4 aromatic carbocycles. The summed E-state index contributed by atoms with van der Waals surface area (Å²) in [5.74, 6) is -0.581. The van der Waals surface area contributed by atoms with E-state index in [0.717, 1.165) is 19.9 Å². The van der Waals surface area contributed by atoms with Crippen LogP contribution in [0.15, 0.2) is 112 Å². The predicted octanol–water partition coefficient (Wildman–Crippen LogP) is 7.25. The van der Waals surface area contributed by atoms with Crippen molar-refractivity contribution in [2.75, 3.05) is 17.5 Å². The summed E-state index contributed by atoms with van der Waals surface area (Å²) < 4.78 is 36.3. The largest absolute Gasteiger partial charge is 0.492 e. The van der Waals surface area contributed by atoms with Gasteiger partial charge in [-0.1, -0.05) is 89.1 Å². The zero-order valence-corrected chi connectivity index (χ0v) is 29.8. The number of amides is 2. The van der Waals surface area contributed by atoms with Crippen LogP contribution in [0.3, 0.4) is 0 Å². The van der Waals surface area contributed by atoms with Gasteiger partial charge >= 0.3 is 0 Å². The summed E-state index contributed by atoms with van der Waals surface area (Å²) in [7, 11) is -4.31. The number of sulfonamides is 1. The fourth-order valence-electron chi connectivity index (χ4n) is 4.97. The molecule has 4 aromatic rings. The van der Waals surface area contributed by atoms with E-state index in [4.69, 9.17) is 16.3 Å². The Kier molecular flexibility index (Phi) is 12.9. The van der Waals surface area contributed by atoms with E-state index in [9.17, 15) is 18.0 Å². The van der Waals surface area contributed by atoms with E-state index >= 15 is 0 Å². The van der Waals surface area contributed by atoms with Crippen LogP contribution in [0.1, 0.15) is 38.3 Å². The minimum absolute atomic E-state index is 0.0455. The number of halogens is 2. The van der Waals surface area contributed by atoms with Crippen LogP contribution < -0.4 is 14.4 Å². The Morgan fingerprint density at radius 2 is 1.51 bits per heavy atom. The molecule has 1 N–H and O–H groups in total. The minimum Gasteiger partial charge on any atom is -0.492 e. The molecule has 0 spiro atoms. The summed E-state index contributed by atoms with van der Waals surface area (Å²) in [6, 6.07) is 28.3. The van der Waals surface area contributed by atoms with Gasteiger partial charge in [-0.15, -0.1) is 0 Å². The van der Waals surface area contributed by atoms with Crippen molar-refractivity contribution in [3.05, 3.63) is 124 Å². The first-order valence-corrected chi connectivity index (χ1v) is 18.0. The molecule has 8 nitrogen and oxygen atoms in total. The van der Waals surface area contributed by atoms with Crippen LogP contribution in [0.5, 0.6) is 5.75 Å². The number of hydrogen-bond acceptors (Lipinski definition) is 5. The lowest BCUT2D eigenvalue weighted by Crippen LogP contribution is -2.54. The van der Waals surface area contributed by atoms with Crippen molar-refractivity contribution in [1.29, 1.82) is 0 Å². The Hall–Kier alpha value is -3.86. The number of para-hydroxylation sites is 2. The van der Waals surface area contributed by atoms with Crippen LogP contribution in [0.2, 0.25) is 5.02 Å². The summed E-state index contributed by atoms with van der Waals surface area (Å²) in [5.41, 5.74) is 1.83.